The van der Waals surface area contributed by atoms with Crippen molar-refractivity contribution >= 4 is 18.0 Å². The van der Waals surface area contributed by atoms with E-state index in [1.165, 1.54) is 30.5 Å². The number of carbonyl (C=O) groups is 2. The predicted octanol–water partition coefficient (Wildman–Crippen LogP) is 4.58. The molecule has 0 saturated carbocycles. The molecule has 0 bridgehead atoms. The molecule has 9 heteroatoms. The monoisotopic (exact) mass is 516 g/mol. The molecule has 3 aromatic rings. The quantitative estimate of drug-likeness (QED) is 0.286. The van der Waals surface area contributed by atoms with Gasteiger partial charge in [0.05, 0.1) is 24.5 Å². The molecule has 3 aromatic carbocycles. The van der Waals surface area contributed by atoms with Crippen molar-refractivity contribution in [2.75, 3.05) is 6.61 Å². The molecular formula is C29H29FN4O4. The Hall–Kier alpha value is -4.71. The van der Waals surface area contributed by atoms with Gasteiger partial charge in [-0.15, -0.1) is 0 Å². The van der Waals surface area contributed by atoms with Crippen molar-refractivity contribution < 1.29 is 23.5 Å². The van der Waals surface area contributed by atoms with E-state index in [9.17, 15) is 19.2 Å². The number of rotatable bonds is 11. The van der Waals surface area contributed by atoms with Crippen LogP contribution in [0.4, 0.5) is 4.39 Å². The van der Waals surface area contributed by atoms with E-state index in [0.717, 1.165) is 5.56 Å². The Morgan fingerprint density at radius 2 is 1.79 bits per heavy atom. The molecule has 1 atom stereocenters. The van der Waals surface area contributed by atoms with Gasteiger partial charge in [-0.3, -0.25) is 9.59 Å². The number of hydrogen-bond donors (Lipinski definition) is 2. The van der Waals surface area contributed by atoms with E-state index >= 15 is 0 Å². The van der Waals surface area contributed by atoms with Crippen LogP contribution in [0.3, 0.4) is 0 Å². The zero-order valence-corrected chi connectivity index (χ0v) is 21.4. The van der Waals surface area contributed by atoms with Gasteiger partial charge in [-0.1, -0.05) is 32.0 Å². The van der Waals surface area contributed by atoms with Gasteiger partial charge in [0.15, 0.2) is 11.5 Å². The summed E-state index contributed by atoms with van der Waals surface area (Å²) in [5, 5.41) is 16.0. The van der Waals surface area contributed by atoms with Crippen LogP contribution in [0.15, 0.2) is 71.8 Å². The fraction of sp³-hybridized carbons (Fsp3) is 0.241. The lowest BCUT2D eigenvalue weighted by Crippen LogP contribution is -2.48. The first-order valence-electron chi connectivity index (χ1n) is 12.1. The number of nitrogens with zero attached hydrogens (tertiary/aromatic N) is 2. The maximum absolute atomic E-state index is 13.1. The minimum atomic E-state index is -0.851. The zero-order chi connectivity index (χ0) is 27.5. The Morgan fingerprint density at radius 1 is 1.05 bits per heavy atom. The third kappa shape index (κ3) is 7.64. The molecule has 0 heterocycles. The second-order valence-electron chi connectivity index (χ2n) is 8.63. The molecule has 1 unspecified atom stereocenters. The topological polar surface area (TPSA) is 113 Å². The Bertz CT molecular complexity index is 1330. The molecule has 0 spiro atoms. The number of nitrogens with one attached hydrogen (secondary N) is 2. The second-order valence-corrected chi connectivity index (χ2v) is 8.63. The van der Waals surface area contributed by atoms with Gasteiger partial charge in [-0.05, 0) is 66.9 Å². The van der Waals surface area contributed by atoms with Gasteiger partial charge < -0.3 is 14.8 Å². The summed E-state index contributed by atoms with van der Waals surface area (Å²) >= 11 is 0. The lowest BCUT2D eigenvalue weighted by molar-refractivity contribution is -0.123. The van der Waals surface area contributed by atoms with Gasteiger partial charge in [0.2, 0.25) is 0 Å². The van der Waals surface area contributed by atoms with E-state index in [4.69, 9.17) is 9.47 Å². The third-order valence-corrected chi connectivity index (χ3v) is 5.52. The van der Waals surface area contributed by atoms with Crippen molar-refractivity contribution in [1.82, 2.24) is 10.7 Å². The van der Waals surface area contributed by atoms with E-state index in [-0.39, 0.29) is 18.1 Å². The number of nitriles is 1. The highest BCUT2D eigenvalue weighted by atomic mass is 19.1. The SMILES string of the molecule is CCOc1cc(C=NNC(=O)C(NC(=O)c2ccc(F)cc2)C(C)C)ccc1OCc1ccccc1C#N. The number of hydrazone groups is 1. The number of amides is 2. The van der Waals surface area contributed by atoms with Crippen LogP contribution in [0.1, 0.15) is 47.8 Å². The van der Waals surface area contributed by atoms with Crippen molar-refractivity contribution in [2.45, 2.75) is 33.4 Å². The normalized spacial score (nSPS) is 11.6. The molecule has 0 aliphatic rings. The summed E-state index contributed by atoms with van der Waals surface area (Å²) in [6.45, 7) is 6.05. The average Bonchev–Trinajstić information content (AvgIpc) is 2.91. The van der Waals surface area contributed by atoms with Crippen molar-refractivity contribution in [3.63, 3.8) is 0 Å². The summed E-state index contributed by atoms with van der Waals surface area (Å²) in [5.74, 6) is -0.662. The minimum absolute atomic E-state index is 0.202. The first kappa shape index (κ1) is 27.9. The van der Waals surface area contributed by atoms with Crippen molar-refractivity contribution in [3.05, 3.63) is 94.8 Å². The molecule has 3 rings (SSSR count). The number of halogens is 1. The van der Waals surface area contributed by atoms with Gasteiger partial charge in [0.1, 0.15) is 18.5 Å². The summed E-state index contributed by atoms with van der Waals surface area (Å²) in [6, 6.07) is 18.8. The Morgan fingerprint density at radius 3 is 2.47 bits per heavy atom. The second kappa shape index (κ2) is 13.6. The summed E-state index contributed by atoms with van der Waals surface area (Å²) in [6.07, 6.45) is 1.45. The highest BCUT2D eigenvalue weighted by molar-refractivity contribution is 5.97. The Labute approximate surface area is 221 Å². The molecule has 0 fully saturated rings. The van der Waals surface area contributed by atoms with Crippen LogP contribution in [-0.2, 0) is 11.4 Å². The van der Waals surface area contributed by atoms with Gasteiger partial charge in [-0.2, -0.15) is 10.4 Å². The summed E-state index contributed by atoms with van der Waals surface area (Å²) in [4.78, 5) is 25.2. The van der Waals surface area contributed by atoms with E-state index in [2.05, 4.69) is 21.9 Å². The smallest absolute Gasteiger partial charge is 0.262 e. The molecule has 8 nitrogen and oxygen atoms in total. The van der Waals surface area contributed by atoms with Crippen LogP contribution in [0.25, 0.3) is 0 Å². The summed E-state index contributed by atoms with van der Waals surface area (Å²) < 4.78 is 24.7. The fourth-order valence-electron chi connectivity index (χ4n) is 3.50. The van der Waals surface area contributed by atoms with E-state index < -0.39 is 23.7 Å². The predicted molar refractivity (Wildman–Crippen MR) is 141 cm³/mol. The van der Waals surface area contributed by atoms with Crippen molar-refractivity contribution in [1.29, 1.82) is 5.26 Å². The average molecular weight is 517 g/mol. The van der Waals surface area contributed by atoms with Gasteiger partial charge >= 0.3 is 0 Å². The summed E-state index contributed by atoms with van der Waals surface area (Å²) in [5.41, 5.74) is 4.65. The number of benzene rings is 3. The molecule has 2 amide bonds. The largest absolute Gasteiger partial charge is 0.490 e. The summed E-state index contributed by atoms with van der Waals surface area (Å²) in [7, 11) is 0. The van der Waals surface area contributed by atoms with Gasteiger partial charge in [0.25, 0.3) is 11.8 Å². The highest BCUT2D eigenvalue weighted by Crippen LogP contribution is 2.29. The molecule has 0 aliphatic carbocycles. The lowest BCUT2D eigenvalue weighted by Gasteiger charge is -2.20. The molecule has 0 radical (unpaired) electrons. The van der Waals surface area contributed by atoms with Gasteiger partial charge in [-0.25, -0.2) is 9.82 Å². The molecule has 196 valence electrons. The Kier molecular flexibility index (Phi) is 9.94. The van der Waals surface area contributed by atoms with Crippen LogP contribution in [-0.4, -0.2) is 30.7 Å². The number of ether oxygens (including phenoxy) is 2. The Balaban J connectivity index is 1.65. The van der Waals surface area contributed by atoms with Crippen molar-refractivity contribution in [3.8, 4) is 17.6 Å². The van der Waals surface area contributed by atoms with Gasteiger partial charge in [0, 0.05) is 11.1 Å². The first-order chi connectivity index (χ1) is 18.3. The van der Waals surface area contributed by atoms with Crippen LogP contribution < -0.4 is 20.2 Å². The fourth-order valence-corrected chi connectivity index (χ4v) is 3.50. The molecule has 38 heavy (non-hydrogen) atoms. The van der Waals surface area contributed by atoms with E-state index in [1.54, 1.807) is 44.2 Å². The third-order valence-electron chi connectivity index (χ3n) is 5.52. The van der Waals surface area contributed by atoms with Crippen LogP contribution >= 0.6 is 0 Å². The number of hydrogen-bond acceptors (Lipinski definition) is 6. The van der Waals surface area contributed by atoms with Crippen LogP contribution in [0.2, 0.25) is 0 Å². The van der Waals surface area contributed by atoms with Crippen molar-refractivity contribution in [2.24, 2.45) is 11.0 Å². The molecule has 0 saturated heterocycles. The van der Waals surface area contributed by atoms with E-state index in [1.807, 2.05) is 19.1 Å². The number of carbonyl (C=O) groups excluding carboxylic acids is 2. The van der Waals surface area contributed by atoms with E-state index in [0.29, 0.717) is 29.2 Å². The lowest BCUT2D eigenvalue weighted by atomic mass is 10.0. The zero-order valence-electron chi connectivity index (χ0n) is 21.4. The molecule has 2 N–H and O–H groups in total. The van der Waals surface area contributed by atoms with Crippen LogP contribution in [0.5, 0.6) is 11.5 Å². The molecule has 0 aromatic heterocycles. The highest BCUT2D eigenvalue weighted by Gasteiger charge is 2.24. The first-order valence-corrected chi connectivity index (χ1v) is 12.1. The maximum Gasteiger partial charge on any atom is 0.262 e. The minimum Gasteiger partial charge on any atom is -0.490 e. The molecule has 0 aliphatic heterocycles. The van der Waals surface area contributed by atoms with Crippen LogP contribution in [0, 0.1) is 23.1 Å². The maximum atomic E-state index is 13.1. The molecular weight excluding hydrogens is 487 g/mol. The standard InChI is InChI=1S/C29H29FN4O4/c1-4-37-26-15-20(9-14-25(26)38-18-23-8-6-5-7-22(23)16-31)17-32-34-29(36)27(19(2)3)33-28(35)21-10-12-24(30)13-11-21/h5-15,17,19,27H,4,18H2,1-3H3,(H,33,35)(H,34,36).